The molecule has 6 heteroatoms. The van der Waals surface area contributed by atoms with Gasteiger partial charge in [-0.3, -0.25) is 9.69 Å². The van der Waals surface area contributed by atoms with Gasteiger partial charge in [-0.2, -0.15) is 0 Å². The predicted octanol–water partition coefficient (Wildman–Crippen LogP) is 4.29. The zero-order valence-electron chi connectivity index (χ0n) is 16.2. The highest BCUT2D eigenvalue weighted by atomic mass is 35.5. The number of likely N-dealkylation sites (tertiary alicyclic amines) is 1. The molecule has 2 aromatic carbocycles. The molecule has 1 aliphatic heterocycles. The summed E-state index contributed by atoms with van der Waals surface area (Å²) in [5, 5.41) is 3.77. The number of rotatable bonds is 5. The largest absolute Gasteiger partial charge is 0.465 e. The van der Waals surface area contributed by atoms with Crippen molar-refractivity contribution in [3.05, 3.63) is 64.2 Å². The first kappa shape index (κ1) is 20.4. The van der Waals surface area contributed by atoms with E-state index in [0.29, 0.717) is 11.3 Å². The van der Waals surface area contributed by atoms with Crippen molar-refractivity contribution in [2.75, 3.05) is 25.5 Å². The summed E-state index contributed by atoms with van der Waals surface area (Å²) >= 11 is 6.25. The number of methoxy groups -OCH3 is 1. The van der Waals surface area contributed by atoms with Gasteiger partial charge in [0.25, 0.3) is 0 Å². The number of anilines is 1. The second-order valence-electron chi connectivity index (χ2n) is 7.15. The molecule has 0 radical (unpaired) electrons. The lowest BCUT2D eigenvalue weighted by Gasteiger charge is -2.31. The van der Waals surface area contributed by atoms with Gasteiger partial charge in [-0.1, -0.05) is 35.9 Å². The lowest BCUT2D eigenvalue weighted by atomic mass is 9.95. The highest BCUT2D eigenvalue weighted by molar-refractivity contribution is 6.31. The van der Waals surface area contributed by atoms with Crippen molar-refractivity contribution in [1.29, 1.82) is 0 Å². The van der Waals surface area contributed by atoms with E-state index in [1.54, 1.807) is 12.1 Å². The molecule has 5 nitrogen and oxygen atoms in total. The van der Waals surface area contributed by atoms with Crippen LogP contribution in [0.3, 0.4) is 0 Å². The summed E-state index contributed by atoms with van der Waals surface area (Å²) in [6, 6.07) is 13.1. The summed E-state index contributed by atoms with van der Waals surface area (Å²) in [6.07, 6.45) is 1.60. The molecule has 0 aromatic heterocycles. The number of nitrogens with zero attached hydrogens (tertiary/aromatic N) is 1. The Labute approximate surface area is 170 Å². The van der Waals surface area contributed by atoms with Gasteiger partial charge in [0.15, 0.2) is 0 Å². The number of esters is 1. The minimum Gasteiger partial charge on any atom is -0.465 e. The number of ether oxygens (including phenoxy) is 1. The fraction of sp³-hybridized carbons (Fsp3) is 0.364. The van der Waals surface area contributed by atoms with Crippen LogP contribution in [-0.4, -0.2) is 37.0 Å². The zero-order valence-corrected chi connectivity index (χ0v) is 17.0. The fourth-order valence-corrected chi connectivity index (χ4v) is 3.65. The van der Waals surface area contributed by atoms with Gasteiger partial charge < -0.3 is 10.1 Å². The van der Waals surface area contributed by atoms with Crippen molar-refractivity contribution in [3.63, 3.8) is 0 Å². The van der Waals surface area contributed by atoms with Gasteiger partial charge in [0.1, 0.15) is 0 Å². The Hall–Kier alpha value is -2.37. The molecule has 1 fully saturated rings. The van der Waals surface area contributed by atoms with E-state index in [2.05, 4.69) is 10.2 Å². The standard InChI is InChI=1S/C22H25ClN2O3/c1-15-7-8-17(22(27)28-2)13-20(15)24-21(26)16-9-11-25(12-10-16)14-18-5-3-4-6-19(18)23/h3-8,13,16H,9-12,14H2,1-2H3,(H,24,26). The van der Waals surface area contributed by atoms with E-state index < -0.39 is 5.97 Å². The number of carbonyl (C=O) groups excluding carboxylic acids is 2. The maximum Gasteiger partial charge on any atom is 0.337 e. The van der Waals surface area contributed by atoms with E-state index in [1.807, 2.05) is 37.3 Å². The van der Waals surface area contributed by atoms with E-state index in [0.717, 1.165) is 48.6 Å². The summed E-state index contributed by atoms with van der Waals surface area (Å²) in [4.78, 5) is 26.8. The second kappa shape index (κ2) is 9.22. The highest BCUT2D eigenvalue weighted by Gasteiger charge is 2.25. The maximum absolute atomic E-state index is 12.7. The number of carbonyl (C=O) groups is 2. The number of benzene rings is 2. The lowest BCUT2D eigenvalue weighted by Crippen LogP contribution is -2.37. The average molecular weight is 401 g/mol. The molecule has 28 heavy (non-hydrogen) atoms. The molecule has 1 amide bonds. The van der Waals surface area contributed by atoms with Crippen LogP contribution < -0.4 is 5.32 Å². The van der Waals surface area contributed by atoms with Crippen LogP contribution in [0, 0.1) is 12.8 Å². The van der Waals surface area contributed by atoms with Crippen LogP contribution in [0.2, 0.25) is 5.02 Å². The summed E-state index contributed by atoms with van der Waals surface area (Å²) in [7, 11) is 1.34. The molecule has 0 bridgehead atoms. The molecule has 3 rings (SSSR count). The summed E-state index contributed by atoms with van der Waals surface area (Å²) in [6.45, 7) is 4.41. The first-order valence-electron chi connectivity index (χ1n) is 9.43. The molecule has 148 valence electrons. The molecule has 1 heterocycles. The van der Waals surface area contributed by atoms with E-state index in [4.69, 9.17) is 16.3 Å². The summed E-state index contributed by atoms with van der Waals surface area (Å²) in [5.41, 5.74) is 3.11. The molecule has 0 saturated carbocycles. The Morgan fingerprint density at radius 1 is 1.18 bits per heavy atom. The maximum atomic E-state index is 12.7. The number of amides is 1. The van der Waals surface area contributed by atoms with Crippen LogP contribution >= 0.6 is 11.6 Å². The van der Waals surface area contributed by atoms with Crippen molar-refractivity contribution >= 4 is 29.2 Å². The Morgan fingerprint density at radius 2 is 1.89 bits per heavy atom. The minimum atomic E-state index is -0.414. The molecule has 1 saturated heterocycles. The molecular formula is C22H25ClN2O3. The number of piperidine rings is 1. The van der Waals surface area contributed by atoms with E-state index >= 15 is 0 Å². The molecule has 0 atom stereocenters. The normalized spacial score (nSPS) is 15.2. The molecule has 0 spiro atoms. The number of nitrogens with one attached hydrogen (secondary N) is 1. The van der Waals surface area contributed by atoms with Crippen molar-refractivity contribution in [3.8, 4) is 0 Å². The Morgan fingerprint density at radius 3 is 2.57 bits per heavy atom. The van der Waals surface area contributed by atoms with Crippen LogP contribution in [0.1, 0.15) is 34.3 Å². The highest BCUT2D eigenvalue weighted by Crippen LogP contribution is 2.24. The minimum absolute atomic E-state index is 0.00232. The average Bonchev–Trinajstić information content (AvgIpc) is 2.71. The third-order valence-corrected chi connectivity index (χ3v) is 5.60. The van der Waals surface area contributed by atoms with Crippen molar-refractivity contribution in [2.24, 2.45) is 5.92 Å². The van der Waals surface area contributed by atoms with Gasteiger partial charge in [0, 0.05) is 23.2 Å². The fourth-order valence-electron chi connectivity index (χ4n) is 3.46. The van der Waals surface area contributed by atoms with E-state index in [-0.39, 0.29) is 11.8 Å². The molecular weight excluding hydrogens is 376 g/mol. The molecule has 1 N–H and O–H groups in total. The van der Waals surface area contributed by atoms with Gasteiger partial charge in [0.2, 0.25) is 5.91 Å². The Bertz CT molecular complexity index is 861. The SMILES string of the molecule is COC(=O)c1ccc(C)c(NC(=O)C2CCN(Cc3ccccc3Cl)CC2)c1. The van der Waals surface area contributed by atoms with Crippen molar-refractivity contribution < 1.29 is 14.3 Å². The van der Waals surface area contributed by atoms with Gasteiger partial charge >= 0.3 is 5.97 Å². The number of aryl methyl sites for hydroxylation is 1. The monoisotopic (exact) mass is 400 g/mol. The Balaban J connectivity index is 1.57. The van der Waals surface area contributed by atoms with Crippen LogP contribution in [0.15, 0.2) is 42.5 Å². The molecule has 1 aliphatic rings. The third kappa shape index (κ3) is 4.91. The van der Waals surface area contributed by atoms with E-state index in [9.17, 15) is 9.59 Å². The molecule has 0 aliphatic carbocycles. The number of halogens is 1. The van der Waals surface area contributed by atoms with Gasteiger partial charge in [-0.05, 0) is 62.2 Å². The van der Waals surface area contributed by atoms with Crippen molar-refractivity contribution in [1.82, 2.24) is 4.90 Å². The third-order valence-electron chi connectivity index (χ3n) is 5.23. The van der Waals surface area contributed by atoms with Crippen LogP contribution in [0.4, 0.5) is 5.69 Å². The quantitative estimate of drug-likeness (QED) is 0.761. The zero-order chi connectivity index (χ0) is 20.1. The van der Waals surface area contributed by atoms with Gasteiger partial charge in [-0.25, -0.2) is 4.79 Å². The van der Waals surface area contributed by atoms with Crippen LogP contribution in [0.25, 0.3) is 0 Å². The van der Waals surface area contributed by atoms with Gasteiger partial charge in [0.05, 0.1) is 12.7 Å². The van der Waals surface area contributed by atoms with Gasteiger partial charge in [-0.15, -0.1) is 0 Å². The van der Waals surface area contributed by atoms with Crippen molar-refractivity contribution in [2.45, 2.75) is 26.3 Å². The summed E-state index contributed by atoms with van der Waals surface area (Å²) < 4.78 is 4.75. The number of hydrogen-bond donors (Lipinski definition) is 1. The van der Waals surface area contributed by atoms with E-state index in [1.165, 1.54) is 7.11 Å². The van der Waals surface area contributed by atoms with Crippen LogP contribution in [0.5, 0.6) is 0 Å². The lowest BCUT2D eigenvalue weighted by molar-refractivity contribution is -0.121. The first-order valence-corrected chi connectivity index (χ1v) is 9.81. The number of hydrogen-bond acceptors (Lipinski definition) is 4. The predicted molar refractivity (Wildman–Crippen MR) is 111 cm³/mol. The van der Waals surface area contributed by atoms with Crippen LogP contribution in [-0.2, 0) is 16.1 Å². The first-order chi connectivity index (χ1) is 13.5. The smallest absolute Gasteiger partial charge is 0.337 e. The second-order valence-corrected chi connectivity index (χ2v) is 7.56. The molecule has 0 unspecified atom stereocenters. The topological polar surface area (TPSA) is 58.6 Å². The molecule has 2 aromatic rings. The summed E-state index contributed by atoms with van der Waals surface area (Å²) in [5.74, 6) is -0.449. The Kier molecular flexibility index (Phi) is 6.70.